The van der Waals surface area contributed by atoms with E-state index >= 15 is 0 Å². The van der Waals surface area contributed by atoms with E-state index in [-0.39, 0.29) is 18.8 Å². The van der Waals surface area contributed by atoms with Gasteiger partial charge in [-0.25, -0.2) is 4.98 Å². The Bertz CT molecular complexity index is 537. The second-order valence-corrected chi connectivity index (χ2v) is 4.19. The third-order valence-electron chi connectivity index (χ3n) is 2.37. The van der Waals surface area contributed by atoms with E-state index in [4.69, 9.17) is 16.3 Å². The number of benzene rings is 1. The maximum Gasteiger partial charge on any atom is 0.177 e. The molecule has 0 N–H and O–H groups in total. The average Bonchev–Trinajstić information content (AvgIpc) is 2.74. The highest BCUT2D eigenvalue weighted by molar-refractivity contribution is 6.30. The van der Waals surface area contributed by atoms with Crippen LogP contribution in [0.4, 0.5) is 0 Å². The van der Waals surface area contributed by atoms with E-state index in [9.17, 15) is 4.79 Å². The van der Waals surface area contributed by atoms with Crippen LogP contribution in [-0.4, -0.2) is 27.2 Å². The summed E-state index contributed by atoms with van der Waals surface area (Å²) in [5, 5.41) is 4.53. The van der Waals surface area contributed by atoms with E-state index in [1.165, 1.54) is 6.33 Å². The molecule has 1 aromatic carbocycles. The van der Waals surface area contributed by atoms with Crippen LogP contribution >= 0.6 is 11.6 Å². The summed E-state index contributed by atoms with van der Waals surface area (Å²) >= 11 is 5.75. The first-order valence-corrected chi connectivity index (χ1v) is 5.76. The Morgan fingerprint density at radius 1 is 1.39 bits per heavy atom. The molecule has 0 aliphatic carbocycles. The van der Waals surface area contributed by atoms with Crippen LogP contribution in [0.2, 0.25) is 5.02 Å². The molecule has 2 rings (SSSR count). The SMILES string of the molecule is Cn1ncnc1CC(=O)COc1ccc(Cl)cc1. The van der Waals surface area contributed by atoms with Crippen LogP contribution in [0, 0.1) is 0 Å². The predicted molar refractivity (Wildman–Crippen MR) is 66.7 cm³/mol. The van der Waals surface area contributed by atoms with Gasteiger partial charge in [-0.1, -0.05) is 11.6 Å². The van der Waals surface area contributed by atoms with Crippen LogP contribution in [0.15, 0.2) is 30.6 Å². The molecule has 6 heteroatoms. The second kappa shape index (κ2) is 5.64. The Hall–Kier alpha value is -1.88. The van der Waals surface area contributed by atoms with Crippen LogP contribution in [0.1, 0.15) is 5.82 Å². The van der Waals surface area contributed by atoms with Crippen LogP contribution in [0.5, 0.6) is 5.75 Å². The Morgan fingerprint density at radius 2 is 2.11 bits per heavy atom. The quantitative estimate of drug-likeness (QED) is 0.825. The normalized spacial score (nSPS) is 10.3. The van der Waals surface area contributed by atoms with Crippen molar-refractivity contribution in [3.63, 3.8) is 0 Å². The molecule has 0 unspecified atom stereocenters. The highest BCUT2D eigenvalue weighted by Crippen LogP contribution is 2.15. The summed E-state index contributed by atoms with van der Waals surface area (Å²) in [6.07, 6.45) is 1.63. The van der Waals surface area contributed by atoms with Gasteiger partial charge in [0, 0.05) is 12.1 Å². The van der Waals surface area contributed by atoms with Crippen molar-refractivity contribution in [3.8, 4) is 5.75 Å². The third-order valence-corrected chi connectivity index (χ3v) is 2.63. The van der Waals surface area contributed by atoms with Crippen molar-refractivity contribution in [2.75, 3.05) is 6.61 Å². The number of Topliss-reactive ketones (excluding diaryl/α,β-unsaturated/α-hetero) is 1. The average molecular weight is 266 g/mol. The van der Waals surface area contributed by atoms with Crippen molar-refractivity contribution in [1.29, 1.82) is 0 Å². The fraction of sp³-hybridized carbons (Fsp3) is 0.250. The predicted octanol–water partition coefficient (Wildman–Crippen LogP) is 1.66. The molecule has 0 aliphatic heterocycles. The summed E-state index contributed by atoms with van der Waals surface area (Å²) in [6, 6.07) is 6.87. The number of ketones is 1. The molecule has 2 aromatic rings. The fourth-order valence-electron chi connectivity index (χ4n) is 1.40. The summed E-state index contributed by atoms with van der Waals surface area (Å²) in [4.78, 5) is 15.7. The van der Waals surface area contributed by atoms with E-state index in [0.717, 1.165) is 0 Å². The molecule has 0 radical (unpaired) electrons. The van der Waals surface area contributed by atoms with E-state index < -0.39 is 0 Å². The molecule has 1 aromatic heterocycles. The van der Waals surface area contributed by atoms with Crippen LogP contribution in [-0.2, 0) is 18.3 Å². The third kappa shape index (κ3) is 3.30. The highest BCUT2D eigenvalue weighted by Gasteiger charge is 2.09. The standard InChI is InChI=1S/C12H12ClN3O2/c1-16-12(14-8-15-16)6-10(17)7-18-11-4-2-9(13)3-5-11/h2-5,8H,6-7H2,1H3. The minimum atomic E-state index is -0.0546. The molecule has 0 spiro atoms. The molecule has 18 heavy (non-hydrogen) atoms. The minimum absolute atomic E-state index is 0.00842. The Labute approximate surface area is 109 Å². The van der Waals surface area contributed by atoms with Crippen molar-refractivity contribution in [1.82, 2.24) is 14.8 Å². The molecular formula is C12H12ClN3O2. The number of hydrogen-bond acceptors (Lipinski definition) is 4. The lowest BCUT2D eigenvalue weighted by Gasteiger charge is -2.05. The van der Waals surface area contributed by atoms with Crippen LogP contribution in [0.3, 0.4) is 0 Å². The van der Waals surface area contributed by atoms with Gasteiger partial charge in [-0.05, 0) is 24.3 Å². The van der Waals surface area contributed by atoms with Crippen molar-refractivity contribution in [3.05, 3.63) is 41.4 Å². The summed E-state index contributed by atoms with van der Waals surface area (Å²) in [5.41, 5.74) is 0. The smallest absolute Gasteiger partial charge is 0.177 e. The van der Waals surface area contributed by atoms with Gasteiger partial charge in [-0.3, -0.25) is 9.48 Å². The highest BCUT2D eigenvalue weighted by atomic mass is 35.5. The molecule has 1 heterocycles. The Kier molecular flexibility index (Phi) is 3.94. The number of nitrogens with zero attached hydrogens (tertiary/aromatic N) is 3. The second-order valence-electron chi connectivity index (χ2n) is 3.76. The number of rotatable bonds is 5. The number of halogens is 1. The Morgan fingerprint density at radius 3 is 2.72 bits per heavy atom. The molecule has 94 valence electrons. The van der Waals surface area contributed by atoms with Gasteiger partial charge in [0.2, 0.25) is 0 Å². The molecule has 0 atom stereocenters. The van der Waals surface area contributed by atoms with Crippen LogP contribution < -0.4 is 4.74 Å². The Balaban J connectivity index is 1.85. The summed E-state index contributed by atoms with van der Waals surface area (Å²) < 4.78 is 6.92. The number of aryl methyl sites for hydroxylation is 1. The van der Waals surface area contributed by atoms with Gasteiger partial charge in [0.05, 0.1) is 6.42 Å². The van der Waals surface area contributed by atoms with Crippen molar-refractivity contribution >= 4 is 17.4 Å². The van der Waals surface area contributed by atoms with Crippen LogP contribution in [0.25, 0.3) is 0 Å². The van der Waals surface area contributed by atoms with Crippen molar-refractivity contribution in [2.24, 2.45) is 7.05 Å². The first-order valence-electron chi connectivity index (χ1n) is 5.38. The number of hydrogen-bond donors (Lipinski definition) is 0. The number of carbonyl (C=O) groups is 1. The molecular weight excluding hydrogens is 254 g/mol. The molecule has 0 aliphatic rings. The van der Waals surface area contributed by atoms with Gasteiger partial charge >= 0.3 is 0 Å². The number of ether oxygens (including phenoxy) is 1. The topological polar surface area (TPSA) is 57.0 Å². The van der Waals surface area contributed by atoms with E-state index in [1.807, 2.05) is 0 Å². The lowest BCUT2D eigenvalue weighted by molar-refractivity contribution is -0.120. The maximum absolute atomic E-state index is 11.7. The lowest BCUT2D eigenvalue weighted by Crippen LogP contribution is -2.16. The van der Waals surface area contributed by atoms with Gasteiger partial charge in [-0.15, -0.1) is 0 Å². The summed E-state index contributed by atoms with van der Waals surface area (Å²) in [7, 11) is 1.75. The molecule has 0 saturated heterocycles. The fourth-order valence-corrected chi connectivity index (χ4v) is 1.53. The zero-order valence-electron chi connectivity index (χ0n) is 9.84. The van der Waals surface area contributed by atoms with Gasteiger partial charge < -0.3 is 4.74 Å². The van der Waals surface area contributed by atoms with Crippen molar-refractivity contribution < 1.29 is 9.53 Å². The first kappa shape index (κ1) is 12.6. The summed E-state index contributed by atoms with van der Waals surface area (Å²) in [5.74, 6) is 1.19. The molecule has 0 saturated carbocycles. The molecule has 0 bridgehead atoms. The monoisotopic (exact) mass is 265 g/mol. The lowest BCUT2D eigenvalue weighted by atomic mass is 10.3. The van der Waals surface area contributed by atoms with E-state index in [1.54, 1.807) is 36.0 Å². The zero-order chi connectivity index (χ0) is 13.0. The minimum Gasteiger partial charge on any atom is -0.486 e. The maximum atomic E-state index is 11.7. The number of carbonyl (C=O) groups excluding carboxylic acids is 1. The molecule has 0 amide bonds. The van der Waals surface area contributed by atoms with E-state index in [0.29, 0.717) is 16.6 Å². The van der Waals surface area contributed by atoms with E-state index in [2.05, 4.69) is 10.1 Å². The zero-order valence-corrected chi connectivity index (χ0v) is 10.6. The molecule has 5 nitrogen and oxygen atoms in total. The van der Waals surface area contributed by atoms with Gasteiger partial charge in [0.1, 0.15) is 24.5 Å². The van der Waals surface area contributed by atoms with Crippen molar-refractivity contribution in [2.45, 2.75) is 6.42 Å². The van der Waals surface area contributed by atoms with Gasteiger partial charge in [0.25, 0.3) is 0 Å². The van der Waals surface area contributed by atoms with Gasteiger partial charge in [-0.2, -0.15) is 5.10 Å². The van der Waals surface area contributed by atoms with Gasteiger partial charge in [0.15, 0.2) is 5.78 Å². The largest absolute Gasteiger partial charge is 0.486 e. The summed E-state index contributed by atoms with van der Waals surface area (Å²) in [6.45, 7) is 0.00842. The molecule has 0 fully saturated rings. The first-order chi connectivity index (χ1) is 8.65. The number of aromatic nitrogens is 3.